The lowest BCUT2D eigenvalue weighted by molar-refractivity contribution is -0.149. The van der Waals surface area contributed by atoms with Crippen LogP contribution < -0.4 is 0 Å². The molecule has 0 heterocycles. The highest BCUT2D eigenvalue weighted by molar-refractivity contribution is 8.13. The Bertz CT molecular complexity index is 162. The van der Waals surface area contributed by atoms with Gasteiger partial charge in [-0.15, -0.1) is 0 Å². The van der Waals surface area contributed by atoms with Gasteiger partial charge < -0.3 is 4.74 Å². The normalized spacial score (nSPS) is 12.2. The van der Waals surface area contributed by atoms with Gasteiger partial charge in [-0.2, -0.15) is 0 Å². The highest BCUT2D eigenvalue weighted by Crippen LogP contribution is 2.15. The van der Waals surface area contributed by atoms with Gasteiger partial charge in [0.1, 0.15) is 5.92 Å². The van der Waals surface area contributed by atoms with Gasteiger partial charge in [0.25, 0.3) is 0 Å². The van der Waals surface area contributed by atoms with Gasteiger partial charge in [-0.1, -0.05) is 25.6 Å². The van der Waals surface area contributed by atoms with Crippen LogP contribution in [-0.2, 0) is 14.3 Å². The number of ether oxygens (including phenoxy) is 1. The molecule has 0 saturated carbocycles. The molecule has 0 rings (SSSR count). The van der Waals surface area contributed by atoms with E-state index in [2.05, 4.69) is 0 Å². The molecule has 0 saturated heterocycles. The second-order valence-electron chi connectivity index (χ2n) is 2.46. The number of carbonyl (C=O) groups excluding carboxylic acids is 2. The van der Waals surface area contributed by atoms with Crippen molar-refractivity contribution in [1.82, 2.24) is 0 Å². The topological polar surface area (TPSA) is 43.4 Å². The molecule has 1 unspecified atom stereocenters. The van der Waals surface area contributed by atoms with Gasteiger partial charge in [-0.05, 0) is 19.1 Å². The van der Waals surface area contributed by atoms with Crippen molar-refractivity contribution in [3.8, 4) is 0 Å². The van der Waals surface area contributed by atoms with Gasteiger partial charge >= 0.3 is 5.97 Å². The first-order valence-electron chi connectivity index (χ1n) is 4.50. The highest BCUT2D eigenvalue weighted by Gasteiger charge is 2.25. The number of hydrogen-bond donors (Lipinski definition) is 0. The van der Waals surface area contributed by atoms with Crippen molar-refractivity contribution in [1.29, 1.82) is 0 Å². The van der Waals surface area contributed by atoms with Crippen molar-refractivity contribution in [2.24, 2.45) is 5.92 Å². The highest BCUT2D eigenvalue weighted by atomic mass is 32.2. The van der Waals surface area contributed by atoms with Crippen molar-refractivity contribution < 1.29 is 14.3 Å². The number of carbonyl (C=O) groups is 2. The van der Waals surface area contributed by atoms with E-state index in [0.717, 1.165) is 0 Å². The van der Waals surface area contributed by atoms with E-state index in [1.54, 1.807) is 6.92 Å². The summed E-state index contributed by atoms with van der Waals surface area (Å²) in [6, 6.07) is 0. The molecular weight excluding hydrogens is 188 g/mol. The SMILES string of the molecule is CCOC(=O)C(CC)C(=O)SCC. The number of thioether (sulfide) groups is 1. The predicted molar refractivity (Wildman–Crippen MR) is 53.6 cm³/mol. The van der Waals surface area contributed by atoms with Crippen molar-refractivity contribution in [3.63, 3.8) is 0 Å². The van der Waals surface area contributed by atoms with Crippen LogP contribution >= 0.6 is 11.8 Å². The summed E-state index contributed by atoms with van der Waals surface area (Å²) in [6.07, 6.45) is 0.519. The summed E-state index contributed by atoms with van der Waals surface area (Å²) in [7, 11) is 0. The molecule has 0 fully saturated rings. The molecule has 0 bridgehead atoms. The fourth-order valence-electron chi connectivity index (χ4n) is 0.915. The first kappa shape index (κ1) is 12.5. The third kappa shape index (κ3) is 4.31. The van der Waals surface area contributed by atoms with Crippen LogP contribution in [0.2, 0.25) is 0 Å². The summed E-state index contributed by atoms with van der Waals surface area (Å²) in [4.78, 5) is 22.6. The largest absolute Gasteiger partial charge is 0.465 e. The van der Waals surface area contributed by atoms with E-state index < -0.39 is 11.9 Å². The predicted octanol–water partition coefficient (Wildman–Crippen LogP) is 1.86. The zero-order valence-corrected chi connectivity index (χ0v) is 9.15. The van der Waals surface area contributed by atoms with Gasteiger partial charge in [0.2, 0.25) is 5.12 Å². The van der Waals surface area contributed by atoms with E-state index in [0.29, 0.717) is 18.8 Å². The summed E-state index contributed by atoms with van der Waals surface area (Å²) < 4.78 is 4.79. The molecular formula is C9H16O3S. The zero-order valence-electron chi connectivity index (χ0n) is 8.33. The van der Waals surface area contributed by atoms with Crippen molar-refractivity contribution in [2.75, 3.05) is 12.4 Å². The molecule has 0 amide bonds. The Balaban J connectivity index is 4.15. The van der Waals surface area contributed by atoms with Gasteiger partial charge in [-0.3, -0.25) is 9.59 Å². The number of esters is 1. The Morgan fingerprint density at radius 2 is 1.92 bits per heavy atom. The van der Waals surface area contributed by atoms with Crippen molar-refractivity contribution in [3.05, 3.63) is 0 Å². The molecule has 0 aliphatic heterocycles. The van der Waals surface area contributed by atoms with Crippen LogP contribution in [-0.4, -0.2) is 23.4 Å². The van der Waals surface area contributed by atoms with Crippen molar-refractivity contribution >= 4 is 22.8 Å². The maximum Gasteiger partial charge on any atom is 0.317 e. The minimum atomic E-state index is -0.579. The molecule has 13 heavy (non-hydrogen) atoms. The zero-order chi connectivity index (χ0) is 10.3. The Labute approximate surface area is 83.2 Å². The summed E-state index contributed by atoms with van der Waals surface area (Å²) in [5.74, 6) is -0.268. The lowest BCUT2D eigenvalue weighted by atomic mass is 10.1. The number of rotatable bonds is 5. The third-order valence-electron chi connectivity index (χ3n) is 1.55. The molecule has 1 atom stereocenters. The van der Waals surface area contributed by atoms with E-state index in [9.17, 15) is 9.59 Å². The maximum atomic E-state index is 11.4. The van der Waals surface area contributed by atoms with Crippen LogP contribution in [0.25, 0.3) is 0 Å². The first-order chi connectivity index (χ1) is 6.17. The minimum absolute atomic E-state index is 0.0801. The molecule has 0 aromatic rings. The summed E-state index contributed by atoms with van der Waals surface area (Å²) >= 11 is 1.18. The summed E-state index contributed by atoms with van der Waals surface area (Å²) in [5.41, 5.74) is 0. The van der Waals surface area contributed by atoms with E-state index in [4.69, 9.17) is 4.74 Å². The Kier molecular flexibility index (Phi) is 6.68. The molecule has 0 aromatic carbocycles. The van der Waals surface area contributed by atoms with E-state index in [1.165, 1.54) is 11.8 Å². The lowest BCUT2D eigenvalue weighted by Gasteiger charge is -2.10. The van der Waals surface area contributed by atoms with Crippen LogP contribution in [0, 0.1) is 5.92 Å². The molecule has 3 nitrogen and oxygen atoms in total. The molecule has 0 spiro atoms. The van der Waals surface area contributed by atoms with Gasteiger partial charge in [0, 0.05) is 0 Å². The van der Waals surface area contributed by atoms with Gasteiger partial charge in [0.15, 0.2) is 0 Å². The quantitative estimate of drug-likeness (QED) is 0.506. The van der Waals surface area contributed by atoms with Crippen LogP contribution in [0.1, 0.15) is 27.2 Å². The van der Waals surface area contributed by atoms with E-state index in [1.807, 2.05) is 13.8 Å². The Morgan fingerprint density at radius 3 is 2.31 bits per heavy atom. The fourth-order valence-corrected chi connectivity index (χ4v) is 1.66. The third-order valence-corrected chi connectivity index (χ3v) is 2.41. The monoisotopic (exact) mass is 204 g/mol. The van der Waals surface area contributed by atoms with Gasteiger partial charge in [0.05, 0.1) is 6.61 Å². The summed E-state index contributed by atoms with van der Waals surface area (Å²) in [6.45, 7) is 5.78. The van der Waals surface area contributed by atoms with Crippen LogP contribution in [0.3, 0.4) is 0 Å². The second kappa shape index (κ2) is 6.95. The minimum Gasteiger partial charge on any atom is -0.465 e. The smallest absolute Gasteiger partial charge is 0.317 e. The first-order valence-corrected chi connectivity index (χ1v) is 5.49. The molecule has 0 N–H and O–H groups in total. The molecule has 0 aliphatic carbocycles. The molecule has 4 heteroatoms. The lowest BCUT2D eigenvalue weighted by Crippen LogP contribution is -2.23. The second-order valence-corrected chi connectivity index (χ2v) is 3.73. The van der Waals surface area contributed by atoms with E-state index in [-0.39, 0.29) is 5.12 Å². The van der Waals surface area contributed by atoms with E-state index >= 15 is 0 Å². The molecule has 0 radical (unpaired) electrons. The average Bonchev–Trinajstić information content (AvgIpc) is 2.06. The molecule has 0 aliphatic rings. The van der Waals surface area contributed by atoms with Crippen LogP contribution in [0.15, 0.2) is 0 Å². The Morgan fingerprint density at radius 1 is 1.31 bits per heavy atom. The fraction of sp³-hybridized carbons (Fsp3) is 0.778. The molecule has 76 valence electrons. The summed E-state index contributed by atoms with van der Waals surface area (Å²) in [5, 5.41) is -0.0801. The average molecular weight is 204 g/mol. The van der Waals surface area contributed by atoms with Crippen LogP contribution in [0.4, 0.5) is 0 Å². The standard InChI is InChI=1S/C9H16O3S/c1-4-7(8(10)12-5-2)9(11)13-6-3/h7H,4-6H2,1-3H3. The molecule has 0 aromatic heterocycles. The Hall–Kier alpha value is -0.510. The maximum absolute atomic E-state index is 11.4. The van der Waals surface area contributed by atoms with Crippen LogP contribution in [0.5, 0.6) is 0 Å². The van der Waals surface area contributed by atoms with Crippen molar-refractivity contribution in [2.45, 2.75) is 27.2 Å². The van der Waals surface area contributed by atoms with Gasteiger partial charge in [-0.25, -0.2) is 0 Å². The number of hydrogen-bond acceptors (Lipinski definition) is 4.